The largest absolute Gasteiger partial charge is 0.486 e. The third-order valence-electron chi connectivity index (χ3n) is 6.90. The van der Waals surface area contributed by atoms with Gasteiger partial charge in [-0.2, -0.15) is 10.4 Å². The lowest BCUT2D eigenvalue weighted by Crippen LogP contribution is -2.57. The summed E-state index contributed by atoms with van der Waals surface area (Å²) in [4.78, 5) is 28.6. The molecule has 0 saturated heterocycles. The van der Waals surface area contributed by atoms with Gasteiger partial charge in [0.05, 0.1) is 40.7 Å². The molecule has 4 aromatic rings. The number of hydrogen-bond donors (Lipinski definition) is 2. The van der Waals surface area contributed by atoms with Crippen molar-refractivity contribution in [3.05, 3.63) is 84.1 Å². The third-order valence-corrected chi connectivity index (χ3v) is 6.90. The molecule has 0 unspecified atom stereocenters. The number of ether oxygens (including phenoxy) is 1. The number of benzene rings is 3. The highest BCUT2D eigenvalue weighted by Gasteiger charge is 2.38. The number of amides is 2. The van der Waals surface area contributed by atoms with E-state index in [1.54, 1.807) is 29.5 Å². The molecule has 3 aromatic carbocycles. The summed E-state index contributed by atoms with van der Waals surface area (Å²) in [6, 6.07) is 23.2. The fraction of sp³-hybridized carbons (Fsp3) is 0.267. The van der Waals surface area contributed by atoms with E-state index < -0.39 is 18.2 Å². The summed E-state index contributed by atoms with van der Waals surface area (Å²) >= 11 is 0. The van der Waals surface area contributed by atoms with Crippen molar-refractivity contribution in [2.45, 2.75) is 45.5 Å². The van der Waals surface area contributed by atoms with Gasteiger partial charge in [-0.1, -0.05) is 49.4 Å². The molecule has 1 aromatic heterocycles. The SMILES string of the molecule is CCN[C@@H](C)C(=O)N[C@@H]1C(=O)N(Cc2nn(-c3ccccc3C#N)c3ccccc23)c2ccccc2O[C@H]1C. The number of para-hydroxylation sites is 4. The van der Waals surface area contributed by atoms with E-state index in [1.165, 1.54) is 0 Å². The molecule has 0 spiro atoms. The average molecular weight is 523 g/mol. The smallest absolute Gasteiger partial charge is 0.253 e. The quantitative estimate of drug-likeness (QED) is 0.383. The molecule has 0 radical (unpaired) electrons. The first-order chi connectivity index (χ1) is 18.9. The zero-order valence-electron chi connectivity index (χ0n) is 22.1. The molecule has 1 aliphatic rings. The van der Waals surface area contributed by atoms with Gasteiger partial charge < -0.3 is 20.3 Å². The highest BCUT2D eigenvalue weighted by molar-refractivity contribution is 6.02. The predicted octanol–water partition coefficient (Wildman–Crippen LogP) is 3.69. The zero-order valence-corrected chi connectivity index (χ0v) is 22.1. The first-order valence-electron chi connectivity index (χ1n) is 13.0. The summed E-state index contributed by atoms with van der Waals surface area (Å²) in [5.41, 5.74) is 3.22. The Labute approximate surface area is 227 Å². The van der Waals surface area contributed by atoms with E-state index in [-0.39, 0.29) is 18.4 Å². The molecule has 1 aliphatic heterocycles. The van der Waals surface area contributed by atoms with Crippen LogP contribution in [0.2, 0.25) is 0 Å². The lowest BCUT2D eigenvalue weighted by molar-refractivity contribution is -0.130. The molecule has 0 fully saturated rings. The fourth-order valence-corrected chi connectivity index (χ4v) is 4.89. The maximum absolute atomic E-state index is 14.1. The molecule has 3 atom stereocenters. The molecule has 0 bridgehead atoms. The molecule has 39 heavy (non-hydrogen) atoms. The Kier molecular flexibility index (Phi) is 7.30. The number of fused-ring (bicyclic) bond motifs is 2. The van der Waals surface area contributed by atoms with Gasteiger partial charge in [-0.15, -0.1) is 0 Å². The Morgan fingerprint density at radius 2 is 1.77 bits per heavy atom. The summed E-state index contributed by atoms with van der Waals surface area (Å²) in [7, 11) is 0. The molecule has 0 saturated carbocycles. The van der Waals surface area contributed by atoms with Gasteiger partial charge in [0.25, 0.3) is 5.91 Å². The average Bonchev–Trinajstić information content (AvgIpc) is 3.28. The van der Waals surface area contributed by atoms with Gasteiger partial charge in [0.15, 0.2) is 0 Å². The van der Waals surface area contributed by atoms with Crippen molar-refractivity contribution in [3.8, 4) is 17.5 Å². The van der Waals surface area contributed by atoms with Gasteiger partial charge in [0.1, 0.15) is 24.0 Å². The molecule has 2 amide bonds. The highest BCUT2D eigenvalue weighted by Crippen LogP contribution is 2.35. The summed E-state index contributed by atoms with van der Waals surface area (Å²) in [6.07, 6.45) is -0.599. The topological polar surface area (TPSA) is 112 Å². The van der Waals surface area contributed by atoms with Crippen LogP contribution in [0.4, 0.5) is 5.69 Å². The molecule has 9 nitrogen and oxygen atoms in total. The molecule has 2 N–H and O–H groups in total. The van der Waals surface area contributed by atoms with Crippen molar-refractivity contribution in [3.63, 3.8) is 0 Å². The lowest BCUT2D eigenvalue weighted by Gasteiger charge is -2.27. The molecule has 2 heterocycles. The van der Waals surface area contributed by atoms with Gasteiger partial charge in [0, 0.05) is 5.39 Å². The minimum absolute atomic E-state index is 0.142. The Balaban J connectivity index is 1.57. The standard InChI is InChI=1S/C30H30N6O3/c1-4-32-19(2)29(37)33-28-20(3)39-27-16-10-9-15-26(27)35(30(28)38)18-23-22-12-6-8-14-25(22)36(34-23)24-13-7-5-11-21(24)17-31/h5-16,19-20,28,32H,4,18H2,1-3H3,(H,33,37)/t19-,20-,28-/m0/s1. The van der Waals surface area contributed by atoms with Crippen LogP contribution in [0.3, 0.4) is 0 Å². The number of anilines is 1. The van der Waals surface area contributed by atoms with Crippen LogP contribution < -0.4 is 20.3 Å². The minimum atomic E-state index is -0.904. The van der Waals surface area contributed by atoms with Crippen molar-refractivity contribution in [1.29, 1.82) is 5.26 Å². The predicted molar refractivity (Wildman–Crippen MR) is 149 cm³/mol. The van der Waals surface area contributed by atoms with Crippen LogP contribution >= 0.6 is 0 Å². The van der Waals surface area contributed by atoms with E-state index in [2.05, 4.69) is 16.7 Å². The van der Waals surface area contributed by atoms with Gasteiger partial charge in [-0.05, 0) is 50.7 Å². The molecule has 5 rings (SSSR count). The second-order valence-electron chi connectivity index (χ2n) is 9.49. The van der Waals surface area contributed by atoms with Crippen LogP contribution in [0.15, 0.2) is 72.8 Å². The third kappa shape index (κ3) is 4.94. The van der Waals surface area contributed by atoms with Crippen LogP contribution in [0.25, 0.3) is 16.6 Å². The summed E-state index contributed by atoms with van der Waals surface area (Å²) in [6.45, 7) is 6.23. The lowest BCUT2D eigenvalue weighted by atomic mass is 10.1. The Morgan fingerprint density at radius 3 is 2.54 bits per heavy atom. The Bertz CT molecular complexity index is 1570. The first-order valence-corrected chi connectivity index (χ1v) is 13.0. The second-order valence-corrected chi connectivity index (χ2v) is 9.49. The van der Waals surface area contributed by atoms with Crippen molar-refractivity contribution in [1.82, 2.24) is 20.4 Å². The van der Waals surface area contributed by atoms with Gasteiger partial charge in [0.2, 0.25) is 5.91 Å². The number of likely N-dealkylation sites (N-methyl/N-ethyl adjacent to an activating group) is 1. The van der Waals surface area contributed by atoms with Crippen LogP contribution in [-0.2, 0) is 16.1 Å². The van der Waals surface area contributed by atoms with E-state index in [1.807, 2.05) is 73.7 Å². The molecule has 0 aliphatic carbocycles. The summed E-state index contributed by atoms with van der Waals surface area (Å²) in [5.74, 6) is -0.0201. The molecular weight excluding hydrogens is 492 g/mol. The molecule has 198 valence electrons. The number of carbonyl (C=O) groups is 2. The Morgan fingerprint density at radius 1 is 1.08 bits per heavy atom. The number of rotatable bonds is 7. The first kappa shape index (κ1) is 25.9. The van der Waals surface area contributed by atoms with Crippen LogP contribution in [0.5, 0.6) is 5.75 Å². The van der Waals surface area contributed by atoms with Crippen molar-refractivity contribution < 1.29 is 14.3 Å². The minimum Gasteiger partial charge on any atom is -0.486 e. The summed E-state index contributed by atoms with van der Waals surface area (Å²) in [5, 5.41) is 21.4. The molecular formula is C30H30N6O3. The number of nitriles is 1. The number of hydrogen-bond acceptors (Lipinski definition) is 6. The summed E-state index contributed by atoms with van der Waals surface area (Å²) < 4.78 is 7.93. The monoisotopic (exact) mass is 522 g/mol. The van der Waals surface area contributed by atoms with Crippen LogP contribution in [0, 0.1) is 11.3 Å². The van der Waals surface area contributed by atoms with Gasteiger partial charge in [-0.3, -0.25) is 9.59 Å². The number of carbonyl (C=O) groups excluding carboxylic acids is 2. The second kappa shape index (κ2) is 11.0. The maximum atomic E-state index is 14.1. The van der Waals surface area contributed by atoms with E-state index in [4.69, 9.17) is 9.84 Å². The Hall–Kier alpha value is -4.68. The maximum Gasteiger partial charge on any atom is 0.253 e. The van der Waals surface area contributed by atoms with E-state index in [9.17, 15) is 14.9 Å². The zero-order chi connectivity index (χ0) is 27.5. The van der Waals surface area contributed by atoms with Crippen molar-refractivity contribution >= 4 is 28.4 Å². The van der Waals surface area contributed by atoms with Crippen LogP contribution in [-0.4, -0.2) is 46.3 Å². The van der Waals surface area contributed by atoms with E-state index in [0.717, 1.165) is 10.9 Å². The van der Waals surface area contributed by atoms with Crippen LogP contribution in [0.1, 0.15) is 32.0 Å². The van der Waals surface area contributed by atoms with Gasteiger partial charge >= 0.3 is 0 Å². The molecule has 9 heteroatoms. The van der Waals surface area contributed by atoms with Crippen molar-refractivity contribution in [2.75, 3.05) is 11.4 Å². The number of aromatic nitrogens is 2. The highest BCUT2D eigenvalue weighted by atomic mass is 16.5. The normalized spacial score (nSPS) is 17.6. The van der Waals surface area contributed by atoms with E-state index in [0.29, 0.717) is 34.9 Å². The van der Waals surface area contributed by atoms with Crippen molar-refractivity contribution in [2.24, 2.45) is 0 Å². The van der Waals surface area contributed by atoms with E-state index >= 15 is 0 Å². The fourth-order valence-electron chi connectivity index (χ4n) is 4.89. The number of nitrogens with zero attached hydrogens (tertiary/aromatic N) is 4. The number of nitrogens with one attached hydrogen (secondary N) is 2. The van der Waals surface area contributed by atoms with Gasteiger partial charge in [-0.25, -0.2) is 4.68 Å².